The summed E-state index contributed by atoms with van der Waals surface area (Å²) in [6.07, 6.45) is -3.91. The van der Waals surface area contributed by atoms with Crippen molar-refractivity contribution < 1.29 is 22.3 Å². The topological polar surface area (TPSA) is 51.4 Å². The van der Waals surface area contributed by atoms with Crippen molar-refractivity contribution in [3.63, 3.8) is 0 Å². The maximum absolute atomic E-state index is 12.9. The van der Waals surface area contributed by atoms with E-state index in [1.807, 2.05) is 0 Å². The highest BCUT2D eigenvalue weighted by atomic mass is 35.5. The third kappa shape index (κ3) is 2.29. The molecular formula is C11H9ClF3N3O2. The first-order chi connectivity index (χ1) is 9.47. The lowest BCUT2D eigenvalue weighted by Gasteiger charge is -2.27. The van der Waals surface area contributed by atoms with E-state index in [0.29, 0.717) is 32.6 Å². The number of rotatable bonds is 1. The lowest BCUT2D eigenvalue weighted by atomic mass is 10.2. The average Bonchev–Trinajstić information content (AvgIpc) is 2.82. The molecule has 2 aromatic heterocycles. The summed E-state index contributed by atoms with van der Waals surface area (Å²) in [6.45, 7) is 1.95. The third-order valence-corrected chi connectivity index (χ3v) is 3.16. The highest BCUT2D eigenvalue weighted by molar-refractivity contribution is 6.28. The molecule has 0 aromatic carbocycles. The Hall–Kier alpha value is -1.54. The number of furan rings is 1. The van der Waals surface area contributed by atoms with Gasteiger partial charge in [0.05, 0.1) is 13.2 Å². The van der Waals surface area contributed by atoms with Gasteiger partial charge in [-0.25, -0.2) is 4.98 Å². The first-order valence-corrected chi connectivity index (χ1v) is 6.19. The lowest BCUT2D eigenvalue weighted by Crippen LogP contribution is -2.36. The summed E-state index contributed by atoms with van der Waals surface area (Å²) in [6, 6.07) is 0. The molecule has 0 bridgehead atoms. The molecule has 1 saturated heterocycles. The van der Waals surface area contributed by atoms with E-state index in [9.17, 15) is 13.2 Å². The number of aromatic nitrogens is 2. The minimum Gasteiger partial charge on any atom is -0.458 e. The number of hydrogen-bond donors (Lipinski definition) is 0. The Labute approximate surface area is 116 Å². The van der Waals surface area contributed by atoms with Crippen molar-refractivity contribution in [1.29, 1.82) is 0 Å². The van der Waals surface area contributed by atoms with E-state index >= 15 is 0 Å². The summed E-state index contributed by atoms with van der Waals surface area (Å²) in [5.74, 6) is 0.263. The third-order valence-electron chi connectivity index (χ3n) is 2.99. The van der Waals surface area contributed by atoms with E-state index in [-0.39, 0.29) is 22.2 Å². The molecule has 108 valence electrons. The van der Waals surface area contributed by atoms with Crippen LogP contribution in [-0.4, -0.2) is 36.3 Å². The predicted molar refractivity (Wildman–Crippen MR) is 64.8 cm³/mol. The van der Waals surface area contributed by atoms with Gasteiger partial charge in [0.15, 0.2) is 11.4 Å². The van der Waals surface area contributed by atoms with E-state index in [2.05, 4.69) is 9.97 Å². The molecule has 3 rings (SSSR count). The fourth-order valence-electron chi connectivity index (χ4n) is 2.07. The van der Waals surface area contributed by atoms with E-state index in [0.717, 1.165) is 0 Å². The van der Waals surface area contributed by atoms with Gasteiger partial charge < -0.3 is 14.1 Å². The zero-order valence-corrected chi connectivity index (χ0v) is 10.8. The quantitative estimate of drug-likeness (QED) is 0.758. The van der Waals surface area contributed by atoms with Crippen LogP contribution in [0.3, 0.4) is 0 Å². The average molecular weight is 308 g/mol. The number of ether oxygens (including phenoxy) is 1. The maximum Gasteiger partial charge on any atom is 0.421 e. The minimum atomic E-state index is -4.55. The van der Waals surface area contributed by atoms with Crippen LogP contribution in [0.5, 0.6) is 0 Å². The van der Waals surface area contributed by atoms with Crippen molar-refractivity contribution in [2.75, 3.05) is 31.2 Å². The largest absolute Gasteiger partial charge is 0.458 e. The Morgan fingerprint density at radius 3 is 2.55 bits per heavy atom. The van der Waals surface area contributed by atoms with Gasteiger partial charge in [0.2, 0.25) is 5.28 Å². The molecule has 1 aliphatic rings. The van der Waals surface area contributed by atoms with Gasteiger partial charge in [-0.1, -0.05) is 0 Å². The number of anilines is 1. The molecular weight excluding hydrogens is 299 g/mol. The van der Waals surface area contributed by atoms with Crippen LogP contribution in [0.15, 0.2) is 10.7 Å². The van der Waals surface area contributed by atoms with Crippen molar-refractivity contribution in [2.45, 2.75) is 6.18 Å². The zero-order chi connectivity index (χ0) is 14.3. The summed E-state index contributed by atoms with van der Waals surface area (Å²) in [5.41, 5.74) is -1.28. The molecule has 3 heterocycles. The predicted octanol–water partition coefficient (Wildman–Crippen LogP) is 2.73. The molecule has 0 aliphatic carbocycles. The fourth-order valence-corrected chi connectivity index (χ4v) is 2.23. The molecule has 0 unspecified atom stereocenters. The number of alkyl halides is 3. The molecule has 20 heavy (non-hydrogen) atoms. The Balaban J connectivity index is 2.15. The Morgan fingerprint density at radius 2 is 1.90 bits per heavy atom. The Kier molecular flexibility index (Phi) is 3.21. The molecule has 0 atom stereocenters. The van der Waals surface area contributed by atoms with Crippen LogP contribution in [-0.2, 0) is 10.9 Å². The van der Waals surface area contributed by atoms with Gasteiger partial charge >= 0.3 is 6.18 Å². The van der Waals surface area contributed by atoms with Crippen LogP contribution in [0, 0.1) is 0 Å². The lowest BCUT2D eigenvalue weighted by molar-refractivity contribution is -0.136. The number of nitrogens with zero attached hydrogens (tertiary/aromatic N) is 3. The van der Waals surface area contributed by atoms with Gasteiger partial charge in [-0.05, 0) is 11.6 Å². The SMILES string of the molecule is FC(F)(F)c1coc2c(N3CCOCC3)nc(Cl)nc12. The van der Waals surface area contributed by atoms with E-state index in [1.165, 1.54) is 0 Å². The standard InChI is InChI=1S/C11H9ClF3N3O2/c12-10-16-7-6(11(13,14)15)5-20-8(7)9(17-10)18-1-3-19-4-2-18/h5H,1-4H2. The zero-order valence-electron chi connectivity index (χ0n) is 10.1. The van der Waals surface area contributed by atoms with E-state index < -0.39 is 11.7 Å². The van der Waals surface area contributed by atoms with Gasteiger partial charge in [0.1, 0.15) is 17.3 Å². The molecule has 2 aromatic rings. The fraction of sp³-hybridized carbons (Fsp3) is 0.455. The smallest absolute Gasteiger partial charge is 0.421 e. The summed E-state index contributed by atoms with van der Waals surface area (Å²) in [5, 5.41) is -0.245. The first kappa shape index (κ1) is 13.4. The monoisotopic (exact) mass is 307 g/mol. The molecule has 9 heteroatoms. The van der Waals surface area contributed by atoms with Gasteiger partial charge in [0, 0.05) is 13.1 Å². The first-order valence-electron chi connectivity index (χ1n) is 5.81. The van der Waals surface area contributed by atoms with Crippen molar-refractivity contribution in [3.05, 3.63) is 17.1 Å². The van der Waals surface area contributed by atoms with Crippen LogP contribution < -0.4 is 4.90 Å². The van der Waals surface area contributed by atoms with Gasteiger partial charge in [-0.15, -0.1) is 0 Å². The van der Waals surface area contributed by atoms with Crippen molar-refractivity contribution in [2.24, 2.45) is 0 Å². The number of hydrogen-bond acceptors (Lipinski definition) is 5. The summed E-state index contributed by atoms with van der Waals surface area (Å²) in [4.78, 5) is 9.39. The number of morpholine rings is 1. The molecule has 5 nitrogen and oxygen atoms in total. The molecule has 1 aliphatic heterocycles. The number of fused-ring (bicyclic) bond motifs is 1. The summed E-state index contributed by atoms with van der Waals surface area (Å²) < 4.78 is 48.8. The van der Waals surface area contributed by atoms with Gasteiger partial charge in [-0.3, -0.25) is 0 Å². The highest BCUT2D eigenvalue weighted by Gasteiger charge is 2.37. The van der Waals surface area contributed by atoms with Crippen LogP contribution >= 0.6 is 11.6 Å². The number of halogens is 4. The Bertz CT molecular complexity index is 638. The molecule has 1 fully saturated rings. The normalized spacial score (nSPS) is 16.9. The highest BCUT2D eigenvalue weighted by Crippen LogP contribution is 2.38. The minimum absolute atomic E-state index is 0.0105. The molecule has 0 saturated carbocycles. The molecule has 0 amide bonds. The van der Waals surface area contributed by atoms with Crippen LogP contribution in [0.4, 0.5) is 19.0 Å². The molecule has 0 spiro atoms. The Morgan fingerprint density at radius 1 is 1.20 bits per heavy atom. The summed E-state index contributed by atoms with van der Waals surface area (Å²) in [7, 11) is 0. The van der Waals surface area contributed by atoms with Crippen LogP contribution in [0.1, 0.15) is 5.56 Å². The molecule has 0 radical (unpaired) electrons. The van der Waals surface area contributed by atoms with Crippen LogP contribution in [0.2, 0.25) is 5.28 Å². The van der Waals surface area contributed by atoms with Crippen molar-refractivity contribution in [1.82, 2.24) is 9.97 Å². The van der Waals surface area contributed by atoms with E-state index in [1.54, 1.807) is 4.90 Å². The van der Waals surface area contributed by atoms with Gasteiger partial charge in [0.25, 0.3) is 0 Å². The summed E-state index contributed by atoms with van der Waals surface area (Å²) >= 11 is 5.73. The van der Waals surface area contributed by atoms with Gasteiger partial charge in [-0.2, -0.15) is 18.2 Å². The molecule has 0 N–H and O–H groups in total. The van der Waals surface area contributed by atoms with Crippen LogP contribution in [0.25, 0.3) is 11.1 Å². The second kappa shape index (κ2) is 4.78. The van der Waals surface area contributed by atoms with Crippen molar-refractivity contribution in [3.8, 4) is 0 Å². The van der Waals surface area contributed by atoms with E-state index in [4.69, 9.17) is 20.8 Å². The second-order valence-electron chi connectivity index (χ2n) is 4.24. The second-order valence-corrected chi connectivity index (χ2v) is 4.58. The van der Waals surface area contributed by atoms with Crippen molar-refractivity contribution >= 4 is 28.5 Å². The maximum atomic E-state index is 12.9.